The minimum Gasteiger partial charge on any atom is -0.368 e. The van der Waals surface area contributed by atoms with Gasteiger partial charge in [0.05, 0.1) is 6.54 Å². The molecule has 0 aliphatic carbocycles. The Hall–Kier alpha value is -2.57. The summed E-state index contributed by atoms with van der Waals surface area (Å²) in [6, 6.07) is 15.5. The highest BCUT2D eigenvalue weighted by atomic mass is 35.5. The van der Waals surface area contributed by atoms with Crippen molar-refractivity contribution in [2.45, 2.75) is 39.0 Å². The Morgan fingerprint density at radius 2 is 2.00 bits per heavy atom. The van der Waals surface area contributed by atoms with Crippen molar-refractivity contribution in [2.24, 2.45) is 4.99 Å². The molecule has 154 valence electrons. The van der Waals surface area contributed by atoms with Crippen LogP contribution in [-0.2, 0) is 22.6 Å². The summed E-state index contributed by atoms with van der Waals surface area (Å²) >= 11 is 6.04. The predicted molar refractivity (Wildman–Crippen MR) is 117 cm³/mol. The fourth-order valence-electron chi connectivity index (χ4n) is 3.10. The van der Waals surface area contributed by atoms with Crippen LogP contribution >= 0.6 is 11.6 Å². The Morgan fingerprint density at radius 1 is 1.17 bits per heavy atom. The van der Waals surface area contributed by atoms with Gasteiger partial charge in [-0.25, -0.2) is 4.99 Å². The van der Waals surface area contributed by atoms with Crippen LogP contribution < -0.4 is 16.0 Å². The van der Waals surface area contributed by atoms with Crippen molar-refractivity contribution in [3.8, 4) is 0 Å². The number of amides is 1. The molecule has 1 amide bonds. The number of nitrogens with zero attached hydrogens (tertiary/aromatic N) is 1. The van der Waals surface area contributed by atoms with Crippen molar-refractivity contribution in [1.82, 2.24) is 10.6 Å². The van der Waals surface area contributed by atoms with E-state index in [2.05, 4.69) is 20.9 Å². The molecule has 2 aromatic carbocycles. The van der Waals surface area contributed by atoms with Gasteiger partial charge in [-0.2, -0.15) is 0 Å². The number of rotatable bonds is 7. The number of carbonyl (C=O) groups is 1. The summed E-state index contributed by atoms with van der Waals surface area (Å²) in [7, 11) is 0. The topological polar surface area (TPSA) is 74.8 Å². The van der Waals surface area contributed by atoms with Crippen LogP contribution in [0.1, 0.15) is 30.9 Å². The first-order valence-electron chi connectivity index (χ1n) is 9.92. The van der Waals surface area contributed by atoms with E-state index in [1.807, 2.05) is 55.5 Å². The van der Waals surface area contributed by atoms with E-state index in [0.29, 0.717) is 24.7 Å². The normalized spacial score (nSPS) is 16.5. The number of benzene rings is 2. The molecule has 29 heavy (non-hydrogen) atoms. The molecule has 0 bridgehead atoms. The first-order valence-corrected chi connectivity index (χ1v) is 10.3. The summed E-state index contributed by atoms with van der Waals surface area (Å²) in [5.41, 5.74) is 2.86. The van der Waals surface area contributed by atoms with Crippen LogP contribution in [0.2, 0.25) is 5.02 Å². The zero-order chi connectivity index (χ0) is 20.5. The molecular weight excluding hydrogens is 388 g/mol. The monoisotopic (exact) mass is 414 g/mol. The number of aliphatic imine (C=N–C) groups is 1. The fraction of sp³-hybridized carbons (Fsp3) is 0.364. The third-order valence-corrected chi connectivity index (χ3v) is 4.76. The molecule has 2 aromatic rings. The zero-order valence-corrected chi connectivity index (χ0v) is 17.3. The smallest absolute Gasteiger partial charge is 0.253 e. The van der Waals surface area contributed by atoms with E-state index < -0.39 is 0 Å². The Labute approximate surface area is 176 Å². The minimum absolute atomic E-state index is 0.0796. The van der Waals surface area contributed by atoms with Gasteiger partial charge in [-0.15, -0.1) is 0 Å². The number of carbonyl (C=O) groups excluding carboxylic acids is 1. The van der Waals surface area contributed by atoms with Gasteiger partial charge < -0.3 is 20.7 Å². The first kappa shape index (κ1) is 21.1. The second-order valence-corrected chi connectivity index (χ2v) is 7.31. The van der Waals surface area contributed by atoms with Crippen LogP contribution in [-0.4, -0.2) is 31.1 Å². The van der Waals surface area contributed by atoms with Gasteiger partial charge in [-0.3, -0.25) is 4.79 Å². The van der Waals surface area contributed by atoms with Gasteiger partial charge in [0.1, 0.15) is 6.10 Å². The van der Waals surface area contributed by atoms with Gasteiger partial charge in [0.25, 0.3) is 5.91 Å². The van der Waals surface area contributed by atoms with Crippen molar-refractivity contribution in [3.05, 3.63) is 64.7 Å². The van der Waals surface area contributed by atoms with E-state index in [1.165, 1.54) is 0 Å². The predicted octanol–water partition coefficient (Wildman–Crippen LogP) is 3.71. The lowest BCUT2D eigenvalue weighted by atomic mass is 10.2. The lowest BCUT2D eigenvalue weighted by Gasteiger charge is -2.13. The SMILES string of the molecule is CCNC(=NCc1cccc(Cl)c1)NCc1cccc(NC(=O)C2CCCO2)c1. The molecule has 3 rings (SSSR count). The molecule has 0 spiro atoms. The molecule has 6 nitrogen and oxygen atoms in total. The Balaban J connectivity index is 1.57. The third kappa shape index (κ3) is 6.76. The van der Waals surface area contributed by atoms with Crippen LogP contribution in [0.25, 0.3) is 0 Å². The maximum absolute atomic E-state index is 12.2. The van der Waals surface area contributed by atoms with E-state index in [1.54, 1.807) is 0 Å². The summed E-state index contributed by atoms with van der Waals surface area (Å²) in [4.78, 5) is 16.8. The second-order valence-electron chi connectivity index (χ2n) is 6.87. The maximum Gasteiger partial charge on any atom is 0.253 e. The molecule has 0 aromatic heterocycles. The lowest BCUT2D eigenvalue weighted by Crippen LogP contribution is -2.36. The van der Waals surface area contributed by atoms with Crippen molar-refractivity contribution < 1.29 is 9.53 Å². The van der Waals surface area contributed by atoms with Crippen molar-refractivity contribution >= 4 is 29.2 Å². The Morgan fingerprint density at radius 3 is 2.76 bits per heavy atom. The van der Waals surface area contributed by atoms with E-state index in [4.69, 9.17) is 16.3 Å². The van der Waals surface area contributed by atoms with Crippen LogP contribution in [0, 0.1) is 0 Å². The standard InChI is InChI=1S/C22H27ClN4O2/c1-2-24-22(25-14-16-6-3-8-18(23)12-16)26-15-17-7-4-9-19(13-17)27-21(28)20-10-5-11-29-20/h3-4,6-9,12-13,20H,2,5,10-11,14-15H2,1H3,(H,27,28)(H2,24,25,26). The van der Waals surface area contributed by atoms with Crippen LogP contribution in [0.15, 0.2) is 53.5 Å². The van der Waals surface area contributed by atoms with Crippen molar-refractivity contribution in [1.29, 1.82) is 0 Å². The molecule has 1 fully saturated rings. The summed E-state index contributed by atoms with van der Waals surface area (Å²) in [5.74, 6) is 0.644. The number of guanidine groups is 1. The van der Waals surface area contributed by atoms with E-state index in [9.17, 15) is 4.79 Å². The highest BCUT2D eigenvalue weighted by molar-refractivity contribution is 6.30. The minimum atomic E-state index is -0.337. The highest BCUT2D eigenvalue weighted by Gasteiger charge is 2.23. The van der Waals surface area contributed by atoms with E-state index in [-0.39, 0.29) is 12.0 Å². The molecule has 1 aliphatic rings. The fourth-order valence-corrected chi connectivity index (χ4v) is 3.31. The maximum atomic E-state index is 12.2. The number of hydrogen-bond acceptors (Lipinski definition) is 3. The number of ether oxygens (including phenoxy) is 1. The molecule has 1 unspecified atom stereocenters. The molecule has 1 aliphatic heterocycles. The molecule has 3 N–H and O–H groups in total. The second kappa shape index (κ2) is 10.8. The average molecular weight is 415 g/mol. The van der Waals surface area contributed by atoms with Crippen LogP contribution in [0.4, 0.5) is 5.69 Å². The summed E-state index contributed by atoms with van der Waals surface area (Å²) < 4.78 is 5.44. The zero-order valence-electron chi connectivity index (χ0n) is 16.6. The molecule has 1 saturated heterocycles. The summed E-state index contributed by atoms with van der Waals surface area (Å²) in [5, 5.41) is 10.2. The van der Waals surface area contributed by atoms with Gasteiger partial charge in [-0.05, 0) is 55.2 Å². The highest BCUT2D eigenvalue weighted by Crippen LogP contribution is 2.16. The summed E-state index contributed by atoms with van der Waals surface area (Å²) in [6.45, 7) is 4.57. The summed E-state index contributed by atoms with van der Waals surface area (Å²) in [6.07, 6.45) is 1.38. The molecule has 7 heteroatoms. The van der Waals surface area contributed by atoms with Gasteiger partial charge in [0.15, 0.2) is 5.96 Å². The van der Waals surface area contributed by atoms with E-state index >= 15 is 0 Å². The molecule has 1 heterocycles. The van der Waals surface area contributed by atoms with E-state index in [0.717, 1.165) is 42.2 Å². The molecule has 1 atom stereocenters. The first-order chi connectivity index (χ1) is 14.1. The van der Waals surface area contributed by atoms with Crippen molar-refractivity contribution in [3.63, 3.8) is 0 Å². The quantitative estimate of drug-likeness (QED) is 0.477. The van der Waals surface area contributed by atoms with Gasteiger partial charge in [0, 0.05) is 30.4 Å². The van der Waals surface area contributed by atoms with Gasteiger partial charge >= 0.3 is 0 Å². The molecule has 0 saturated carbocycles. The Bertz CT molecular complexity index is 850. The van der Waals surface area contributed by atoms with Crippen LogP contribution in [0.5, 0.6) is 0 Å². The van der Waals surface area contributed by atoms with Crippen molar-refractivity contribution in [2.75, 3.05) is 18.5 Å². The average Bonchev–Trinajstić information content (AvgIpc) is 3.25. The Kier molecular flexibility index (Phi) is 7.90. The number of anilines is 1. The van der Waals surface area contributed by atoms with Crippen LogP contribution in [0.3, 0.4) is 0 Å². The molecular formula is C22H27ClN4O2. The largest absolute Gasteiger partial charge is 0.368 e. The third-order valence-electron chi connectivity index (χ3n) is 4.53. The lowest BCUT2D eigenvalue weighted by molar-refractivity contribution is -0.124. The number of nitrogens with one attached hydrogen (secondary N) is 3. The van der Waals surface area contributed by atoms with Gasteiger partial charge in [0.2, 0.25) is 0 Å². The number of hydrogen-bond donors (Lipinski definition) is 3. The molecule has 0 radical (unpaired) electrons. The van der Waals surface area contributed by atoms with Gasteiger partial charge in [-0.1, -0.05) is 35.9 Å². The number of halogens is 1.